The van der Waals surface area contributed by atoms with Crippen LogP contribution < -0.4 is 10.9 Å². The summed E-state index contributed by atoms with van der Waals surface area (Å²) in [5.41, 5.74) is 4.84. The SMILES string of the molecule is CC(=O)N1C[C@@H]2C[C@H](C1)c1ccc(NCc3ccc(-c4ccccn4)cc3)c(=O)n1C2. The number of amides is 1. The van der Waals surface area contributed by atoms with Crippen molar-refractivity contribution in [3.05, 3.63) is 82.4 Å². The fraction of sp³-hybridized carbons (Fsp3) is 0.320. The third-order valence-electron chi connectivity index (χ3n) is 6.45. The number of pyridine rings is 2. The number of hydrogen-bond acceptors (Lipinski definition) is 4. The molecule has 6 heteroatoms. The number of carbonyl (C=O) groups is 1. The van der Waals surface area contributed by atoms with Crippen molar-refractivity contribution in [1.82, 2.24) is 14.5 Å². The Hall–Kier alpha value is -3.41. The summed E-state index contributed by atoms with van der Waals surface area (Å²) in [4.78, 5) is 31.3. The van der Waals surface area contributed by atoms with Gasteiger partial charge in [0.15, 0.2) is 0 Å². The highest BCUT2D eigenvalue weighted by Gasteiger charge is 2.35. The maximum atomic E-state index is 13.1. The number of carbonyl (C=O) groups excluding carboxylic acids is 1. The Kier molecular flexibility index (Phi) is 5.06. The smallest absolute Gasteiger partial charge is 0.274 e. The normalized spacial score (nSPS) is 19.6. The summed E-state index contributed by atoms with van der Waals surface area (Å²) < 4.78 is 1.92. The number of likely N-dealkylation sites (tertiary alicyclic amines) is 1. The van der Waals surface area contributed by atoms with Crippen molar-refractivity contribution >= 4 is 11.6 Å². The van der Waals surface area contributed by atoms with Crippen LogP contribution in [0.1, 0.15) is 30.5 Å². The second-order valence-electron chi connectivity index (χ2n) is 8.58. The Bertz CT molecular complexity index is 1150. The average molecular weight is 415 g/mol. The van der Waals surface area contributed by atoms with Crippen molar-refractivity contribution in [3.8, 4) is 11.3 Å². The number of rotatable bonds is 4. The molecule has 4 heterocycles. The van der Waals surface area contributed by atoms with Crippen LogP contribution in [0.5, 0.6) is 0 Å². The Morgan fingerprint density at radius 3 is 2.65 bits per heavy atom. The molecule has 158 valence electrons. The highest BCUT2D eigenvalue weighted by atomic mass is 16.2. The first-order valence-corrected chi connectivity index (χ1v) is 10.8. The number of piperidine rings is 1. The predicted octanol–water partition coefficient (Wildman–Crippen LogP) is 3.49. The van der Waals surface area contributed by atoms with Gasteiger partial charge in [0.1, 0.15) is 5.69 Å². The standard InChI is InChI=1S/C25H26N4O2/c1-17(30)28-14-19-12-21(16-28)24-10-9-23(25(31)29(24)15-19)27-13-18-5-7-20(8-6-18)22-4-2-3-11-26-22/h2-11,19,21,27H,12-16H2,1H3/t19-,21+/m0/s1. The summed E-state index contributed by atoms with van der Waals surface area (Å²) in [6, 6.07) is 18.1. The van der Waals surface area contributed by atoms with Crippen LogP contribution in [0.25, 0.3) is 11.3 Å². The molecule has 2 aliphatic rings. The van der Waals surface area contributed by atoms with Crippen LogP contribution in [0.2, 0.25) is 0 Å². The minimum absolute atomic E-state index is 0.0357. The Morgan fingerprint density at radius 2 is 1.90 bits per heavy atom. The van der Waals surface area contributed by atoms with Gasteiger partial charge < -0.3 is 14.8 Å². The van der Waals surface area contributed by atoms with Gasteiger partial charge in [-0.25, -0.2) is 0 Å². The average Bonchev–Trinajstić information content (AvgIpc) is 2.80. The topological polar surface area (TPSA) is 67.2 Å². The molecule has 3 aromatic rings. The fourth-order valence-electron chi connectivity index (χ4n) is 4.86. The summed E-state index contributed by atoms with van der Waals surface area (Å²) in [6.45, 7) is 4.35. The van der Waals surface area contributed by atoms with Crippen molar-refractivity contribution < 1.29 is 4.79 Å². The number of nitrogens with zero attached hydrogens (tertiary/aromatic N) is 3. The van der Waals surface area contributed by atoms with E-state index in [9.17, 15) is 9.59 Å². The molecular formula is C25H26N4O2. The lowest BCUT2D eigenvalue weighted by atomic mass is 9.83. The molecule has 2 aliphatic heterocycles. The monoisotopic (exact) mass is 414 g/mol. The first-order valence-electron chi connectivity index (χ1n) is 10.8. The second-order valence-corrected chi connectivity index (χ2v) is 8.58. The first-order chi connectivity index (χ1) is 15.1. The molecule has 2 aromatic heterocycles. The molecule has 0 saturated carbocycles. The summed E-state index contributed by atoms with van der Waals surface area (Å²) in [6.07, 6.45) is 2.85. The zero-order chi connectivity index (χ0) is 21.4. The number of fused-ring (bicyclic) bond motifs is 4. The molecule has 2 bridgehead atoms. The molecule has 0 spiro atoms. The van der Waals surface area contributed by atoms with Gasteiger partial charge in [-0.05, 0) is 42.2 Å². The molecular weight excluding hydrogens is 388 g/mol. The van der Waals surface area contributed by atoms with Gasteiger partial charge in [-0.15, -0.1) is 0 Å². The van der Waals surface area contributed by atoms with E-state index >= 15 is 0 Å². The summed E-state index contributed by atoms with van der Waals surface area (Å²) in [5, 5.41) is 3.32. The van der Waals surface area contributed by atoms with Crippen molar-refractivity contribution in [2.75, 3.05) is 18.4 Å². The maximum absolute atomic E-state index is 13.1. The van der Waals surface area contributed by atoms with Gasteiger partial charge in [-0.2, -0.15) is 0 Å². The van der Waals surface area contributed by atoms with Gasteiger partial charge in [-0.1, -0.05) is 30.3 Å². The fourth-order valence-corrected chi connectivity index (χ4v) is 4.86. The van der Waals surface area contributed by atoms with Gasteiger partial charge in [0.05, 0.1) is 5.69 Å². The van der Waals surface area contributed by atoms with Gasteiger partial charge in [-0.3, -0.25) is 14.6 Å². The molecule has 1 fully saturated rings. The molecule has 0 unspecified atom stereocenters. The third kappa shape index (κ3) is 3.85. The number of hydrogen-bond donors (Lipinski definition) is 1. The molecule has 1 saturated heterocycles. The van der Waals surface area contributed by atoms with Crippen LogP contribution in [-0.4, -0.2) is 33.4 Å². The van der Waals surface area contributed by atoms with E-state index in [-0.39, 0.29) is 17.4 Å². The lowest BCUT2D eigenvalue weighted by molar-refractivity contribution is -0.131. The van der Waals surface area contributed by atoms with Crippen LogP contribution in [0.4, 0.5) is 5.69 Å². The molecule has 1 aromatic carbocycles. The van der Waals surface area contributed by atoms with Crippen LogP contribution >= 0.6 is 0 Å². The molecule has 5 rings (SSSR count). The van der Waals surface area contributed by atoms with Crippen LogP contribution in [0, 0.1) is 5.92 Å². The minimum Gasteiger partial charge on any atom is -0.377 e. The quantitative estimate of drug-likeness (QED) is 0.710. The summed E-state index contributed by atoms with van der Waals surface area (Å²) in [5.74, 6) is 0.720. The zero-order valence-corrected chi connectivity index (χ0v) is 17.6. The highest BCUT2D eigenvalue weighted by molar-refractivity contribution is 5.73. The number of aromatic nitrogens is 2. The largest absolute Gasteiger partial charge is 0.377 e. The zero-order valence-electron chi connectivity index (χ0n) is 17.6. The molecule has 1 amide bonds. The molecule has 6 nitrogen and oxygen atoms in total. The van der Waals surface area contributed by atoms with Crippen molar-refractivity contribution in [1.29, 1.82) is 0 Å². The summed E-state index contributed by atoms with van der Waals surface area (Å²) >= 11 is 0. The number of benzene rings is 1. The second kappa shape index (κ2) is 8.02. The van der Waals surface area contributed by atoms with Crippen molar-refractivity contribution in [2.45, 2.75) is 32.4 Å². The molecule has 2 atom stereocenters. The number of nitrogens with one attached hydrogen (secondary N) is 1. The van der Waals surface area contributed by atoms with Gasteiger partial charge in [0, 0.05) is 56.5 Å². The van der Waals surface area contributed by atoms with Crippen molar-refractivity contribution in [3.63, 3.8) is 0 Å². The van der Waals surface area contributed by atoms with E-state index < -0.39 is 0 Å². The van der Waals surface area contributed by atoms with Crippen LogP contribution in [-0.2, 0) is 17.9 Å². The van der Waals surface area contributed by atoms with E-state index in [4.69, 9.17) is 0 Å². The minimum atomic E-state index is 0.0357. The predicted molar refractivity (Wildman–Crippen MR) is 121 cm³/mol. The lowest BCUT2D eigenvalue weighted by Gasteiger charge is -2.42. The van der Waals surface area contributed by atoms with E-state index in [2.05, 4.69) is 40.6 Å². The van der Waals surface area contributed by atoms with E-state index in [0.29, 0.717) is 31.2 Å². The Morgan fingerprint density at radius 1 is 1.06 bits per heavy atom. The number of anilines is 1. The molecule has 31 heavy (non-hydrogen) atoms. The Balaban J connectivity index is 1.31. The summed E-state index contributed by atoms with van der Waals surface area (Å²) in [7, 11) is 0. The van der Waals surface area contributed by atoms with Crippen molar-refractivity contribution in [2.24, 2.45) is 5.92 Å². The van der Waals surface area contributed by atoms with E-state index in [1.165, 1.54) is 0 Å². The Labute approximate surface area is 181 Å². The van der Waals surface area contributed by atoms with Crippen LogP contribution in [0.3, 0.4) is 0 Å². The van der Waals surface area contributed by atoms with Crippen LogP contribution in [0.15, 0.2) is 65.6 Å². The maximum Gasteiger partial charge on any atom is 0.274 e. The van der Waals surface area contributed by atoms with Gasteiger partial charge >= 0.3 is 0 Å². The van der Waals surface area contributed by atoms with Gasteiger partial charge in [0.2, 0.25) is 5.91 Å². The molecule has 1 N–H and O–H groups in total. The molecule has 0 aliphatic carbocycles. The lowest BCUT2D eigenvalue weighted by Crippen LogP contribution is -2.48. The molecule has 0 radical (unpaired) electrons. The van der Waals surface area contributed by atoms with E-state index in [1.54, 1.807) is 13.1 Å². The van der Waals surface area contributed by atoms with E-state index in [1.807, 2.05) is 33.7 Å². The van der Waals surface area contributed by atoms with E-state index in [0.717, 1.165) is 35.5 Å². The third-order valence-corrected chi connectivity index (χ3v) is 6.45. The highest BCUT2D eigenvalue weighted by Crippen LogP contribution is 2.35. The first kappa shape index (κ1) is 19.5. The van der Waals surface area contributed by atoms with Gasteiger partial charge in [0.25, 0.3) is 5.56 Å².